The highest BCUT2D eigenvalue weighted by Gasteiger charge is 2.32. The lowest BCUT2D eigenvalue weighted by molar-refractivity contribution is -0.386. The van der Waals surface area contributed by atoms with Crippen molar-refractivity contribution in [3.05, 3.63) is 27.7 Å². The molecule has 1 heterocycles. The Morgan fingerprint density at radius 3 is 2.33 bits per heavy atom. The molecule has 6 heteroatoms. The minimum absolute atomic E-state index is 0.0862. The molecule has 0 bridgehead atoms. The van der Waals surface area contributed by atoms with Gasteiger partial charge < -0.3 is 4.90 Å². The van der Waals surface area contributed by atoms with Crippen molar-refractivity contribution in [1.82, 2.24) is 14.7 Å². The lowest BCUT2D eigenvalue weighted by atomic mass is 9.91. The van der Waals surface area contributed by atoms with Crippen LogP contribution in [-0.4, -0.2) is 33.7 Å². The smallest absolute Gasteiger partial charge is 0.318 e. The summed E-state index contributed by atoms with van der Waals surface area (Å²) in [6.07, 6.45) is 3.48. The molecule has 0 aromatic carbocycles. The molecule has 18 heavy (non-hydrogen) atoms. The van der Waals surface area contributed by atoms with Gasteiger partial charge in [0.05, 0.1) is 4.92 Å². The van der Waals surface area contributed by atoms with E-state index in [1.54, 1.807) is 24.0 Å². The standard InChI is InChI=1S/C12H20N4O2/c1-12(2,3)11-10(16(17)18)9(15(6)13-11)7-8-14(4)5/h7-8H,1-6H3. The summed E-state index contributed by atoms with van der Waals surface area (Å²) in [5.41, 5.74) is 0.750. The van der Waals surface area contributed by atoms with Crippen molar-refractivity contribution >= 4 is 11.8 Å². The third kappa shape index (κ3) is 2.88. The fourth-order valence-electron chi connectivity index (χ4n) is 1.62. The molecule has 0 radical (unpaired) electrons. The molecule has 0 spiro atoms. The lowest BCUT2D eigenvalue weighted by Crippen LogP contribution is -2.14. The first-order valence-electron chi connectivity index (χ1n) is 5.71. The average Bonchev–Trinajstić information content (AvgIpc) is 2.52. The highest BCUT2D eigenvalue weighted by atomic mass is 16.6. The predicted octanol–water partition coefficient (Wildman–Crippen LogP) is 2.16. The molecule has 0 saturated heterocycles. The van der Waals surface area contributed by atoms with Gasteiger partial charge in [0.15, 0.2) is 0 Å². The molecule has 100 valence electrons. The van der Waals surface area contributed by atoms with Crippen LogP contribution in [0.1, 0.15) is 32.2 Å². The Balaban J connectivity index is 3.43. The molecule has 0 atom stereocenters. The summed E-state index contributed by atoms with van der Waals surface area (Å²) in [6, 6.07) is 0. The predicted molar refractivity (Wildman–Crippen MR) is 71.3 cm³/mol. The molecule has 6 nitrogen and oxygen atoms in total. The fraction of sp³-hybridized carbons (Fsp3) is 0.583. The van der Waals surface area contributed by atoms with Gasteiger partial charge in [-0.25, -0.2) is 0 Å². The van der Waals surface area contributed by atoms with Gasteiger partial charge >= 0.3 is 5.69 Å². The first-order chi connectivity index (χ1) is 8.14. The monoisotopic (exact) mass is 252 g/mol. The quantitative estimate of drug-likeness (QED) is 0.611. The number of hydrogen-bond acceptors (Lipinski definition) is 4. The van der Waals surface area contributed by atoms with E-state index >= 15 is 0 Å². The van der Waals surface area contributed by atoms with Gasteiger partial charge in [-0.15, -0.1) is 0 Å². The average molecular weight is 252 g/mol. The van der Waals surface area contributed by atoms with Crippen molar-refractivity contribution in [1.29, 1.82) is 0 Å². The Morgan fingerprint density at radius 2 is 1.94 bits per heavy atom. The molecule has 1 aromatic rings. The van der Waals surface area contributed by atoms with Crippen LogP contribution in [0.15, 0.2) is 6.20 Å². The van der Waals surface area contributed by atoms with Gasteiger partial charge in [0.1, 0.15) is 11.4 Å². The first-order valence-corrected chi connectivity index (χ1v) is 5.71. The van der Waals surface area contributed by atoms with Crippen LogP contribution in [0.5, 0.6) is 0 Å². The normalized spacial score (nSPS) is 12.1. The highest BCUT2D eigenvalue weighted by molar-refractivity contribution is 5.60. The Kier molecular flexibility index (Phi) is 3.79. The van der Waals surface area contributed by atoms with E-state index in [-0.39, 0.29) is 16.0 Å². The van der Waals surface area contributed by atoms with E-state index < -0.39 is 0 Å². The van der Waals surface area contributed by atoms with Crippen LogP contribution in [0.2, 0.25) is 0 Å². The van der Waals surface area contributed by atoms with Crippen molar-refractivity contribution in [2.75, 3.05) is 14.1 Å². The number of aromatic nitrogens is 2. The summed E-state index contributed by atoms with van der Waals surface area (Å²) in [5.74, 6) is 0. The molecule has 0 N–H and O–H groups in total. The Bertz CT molecular complexity index is 481. The van der Waals surface area contributed by atoms with Gasteiger partial charge in [-0.05, 0) is 6.08 Å². The third-order valence-electron chi connectivity index (χ3n) is 2.49. The van der Waals surface area contributed by atoms with E-state index in [1.165, 1.54) is 0 Å². The van der Waals surface area contributed by atoms with E-state index in [0.29, 0.717) is 11.4 Å². The molecule has 0 fully saturated rings. The van der Waals surface area contributed by atoms with Gasteiger partial charge in [0.25, 0.3) is 0 Å². The van der Waals surface area contributed by atoms with E-state index in [4.69, 9.17) is 0 Å². The maximum absolute atomic E-state index is 11.3. The zero-order chi connectivity index (χ0) is 14.1. The second-order valence-corrected chi connectivity index (χ2v) is 5.49. The molecule has 0 aliphatic rings. The third-order valence-corrected chi connectivity index (χ3v) is 2.49. The molecular formula is C12H20N4O2. The molecule has 0 aliphatic heterocycles. The van der Waals surface area contributed by atoms with Crippen LogP contribution in [0.4, 0.5) is 5.69 Å². The molecule has 0 aliphatic carbocycles. The van der Waals surface area contributed by atoms with Crippen LogP contribution in [-0.2, 0) is 12.5 Å². The molecule has 1 aromatic heterocycles. The molecular weight excluding hydrogens is 232 g/mol. The molecule has 0 amide bonds. The van der Waals surface area contributed by atoms with Gasteiger partial charge in [0.2, 0.25) is 0 Å². The molecule has 0 unspecified atom stereocenters. The van der Waals surface area contributed by atoms with Gasteiger partial charge in [-0.2, -0.15) is 5.10 Å². The second kappa shape index (κ2) is 4.80. The maximum atomic E-state index is 11.3. The zero-order valence-electron chi connectivity index (χ0n) is 11.8. The van der Waals surface area contributed by atoms with Crippen LogP contribution < -0.4 is 0 Å². The van der Waals surface area contributed by atoms with Crippen molar-refractivity contribution in [3.8, 4) is 0 Å². The highest BCUT2D eigenvalue weighted by Crippen LogP contribution is 2.33. The SMILES string of the molecule is CN(C)C=Cc1c([N+](=O)[O-])c(C(C)(C)C)nn1C. The number of nitro groups is 1. The van der Waals surface area contributed by atoms with Crippen molar-refractivity contribution in [2.24, 2.45) is 7.05 Å². The lowest BCUT2D eigenvalue weighted by Gasteiger charge is -2.13. The summed E-state index contributed by atoms with van der Waals surface area (Å²) in [5, 5.41) is 15.5. The van der Waals surface area contributed by atoms with E-state index in [9.17, 15) is 10.1 Å². The zero-order valence-corrected chi connectivity index (χ0v) is 11.8. The Labute approximate surface area is 107 Å². The largest absolute Gasteiger partial charge is 0.383 e. The topological polar surface area (TPSA) is 64.2 Å². The Morgan fingerprint density at radius 1 is 1.39 bits per heavy atom. The summed E-state index contributed by atoms with van der Waals surface area (Å²) in [7, 11) is 5.45. The summed E-state index contributed by atoms with van der Waals surface area (Å²) in [6.45, 7) is 5.76. The number of nitrogens with zero attached hydrogens (tertiary/aromatic N) is 4. The van der Waals surface area contributed by atoms with Gasteiger partial charge in [0, 0.05) is 32.8 Å². The first kappa shape index (κ1) is 14.2. The summed E-state index contributed by atoms with van der Waals surface area (Å²) in [4.78, 5) is 12.7. The fourth-order valence-corrected chi connectivity index (χ4v) is 1.62. The van der Waals surface area contributed by atoms with Crippen LogP contribution in [0.25, 0.3) is 6.08 Å². The van der Waals surface area contributed by atoms with Crippen LogP contribution in [0, 0.1) is 10.1 Å². The molecule has 1 rings (SSSR count). The van der Waals surface area contributed by atoms with Crippen molar-refractivity contribution in [3.63, 3.8) is 0 Å². The van der Waals surface area contributed by atoms with Crippen molar-refractivity contribution in [2.45, 2.75) is 26.2 Å². The van der Waals surface area contributed by atoms with E-state index in [0.717, 1.165) is 0 Å². The Hall–Kier alpha value is -1.85. The second-order valence-electron chi connectivity index (χ2n) is 5.49. The number of aryl methyl sites for hydroxylation is 1. The van der Waals surface area contributed by atoms with Crippen LogP contribution in [0.3, 0.4) is 0 Å². The van der Waals surface area contributed by atoms with Crippen LogP contribution >= 0.6 is 0 Å². The molecule has 0 saturated carbocycles. The summed E-state index contributed by atoms with van der Waals surface area (Å²) < 4.78 is 1.55. The minimum Gasteiger partial charge on any atom is -0.383 e. The van der Waals surface area contributed by atoms with E-state index in [1.807, 2.05) is 39.8 Å². The summed E-state index contributed by atoms with van der Waals surface area (Å²) >= 11 is 0. The van der Waals surface area contributed by atoms with Gasteiger partial charge in [-0.3, -0.25) is 14.8 Å². The minimum atomic E-state index is -0.358. The van der Waals surface area contributed by atoms with Gasteiger partial charge in [-0.1, -0.05) is 20.8 Å². The number of rotatable bonds is 3. The number of hydrogen-bond donors (Lipinski definition) is 0. The van der Waals surface area contributed by atoms with E-state index in [2.05, 4.69) is 5.10 Å². The maximum Gasteiger partial charge on any atom is 0.318 e. The van der Waals surface area contributed by atoms with Crippen molar-refractivity contribution < 1.29 is 4.92 Å².